The van der Waals surface area contributed by atoms with E-state index < -0.39 is 12.0 Å². The van der Waals surface area contributed by atoms with Crippen LogP contribution in [0.25, 0.3) is 0 Å². The Bertz CT molecular complexity index is 880. The maximum absolute atomic E-state index is 12.9. The fourth-order valence-corrected chi connectivity index (χ4v) is 4.50. The molecule has 2 atom stereocenters. The van der Waals surface area contributed by atoms with Crippen LogP contribution in [0.5, 0.6) is 5.75 Å². The molecule has 142 valence electrons. The minimum atomic E-state index is -0.674. The molecule has 2 aliphatic rings. The molecule has 1 amide bonds. The van der Waals surface area contributed by atoms with E-state index in [0.717, 1.165) is 4.47 Å². The molecule has 2 unspecified atom stereocenters. The third-order valence-electron chi connectivity index (χ3n) is 4.30. The number of aliphatic imine (C=N–C) groups is 1. The topological polar surface area (TPSA) is 68.2 Å². The van der Waals surface area contributed by atoms with Gasteiger partial charge in [-0.15, -0.1) is 0 Å². The van der Waals surface area contributed by atoms with Crippen molar-refractivity contribution in [2.24, 2.45) is 4.99 Å². The Hall–Kier alpha value is -2.06. The third kappa shape index (κ3) is 3.55. The van der Waals surface area contributed by atoms with Gasteiger partial charge in [0.05, 0.1) is 23.6 Å². The van der Waals surface area contributed by atoms with Gasteiger partial charge in [0.1, 0.15) is 18.4 Å². The summed E-state index contributed by atoms with van der Waals surface area (Å²) in [6.07, 6.45) is 1.50. The van der Waals surface area contributed by atoms with E-state index in [4.69, 9.17) is 9.47 Å². The number of hydrogen-bond acceptors (Lipinski definition) is 6. The van der Waals surface area contributed by atoms with Crippen LogP contribution in [0, 0.1) is 0 Å². The van der Waals surface area contributed by atoms with Crippen molar-refractivity contribution in [3.8, 4) is 5.75 Å². The number of esters is 1. The summed E-state index contributed by atoms with van der Waals surface area (Å²) < 4.78 is 11.6. The van der Waals surface area contributed by atoms with Crippen LogP contribution in [-0.2, 0) is 14.3 Å². The van der Waals surface area contributed by atoms with Crippen LogP contribution >= 0.6 is 27.7 Å². The number of carbonyl (C=O) groups is 2. The minimum Gasteiger partial charge on any atom is -0.496 e. The summed E-state index contributed by atoms with van der Waals surface area (Å²) in [5.74, 6) is -0.0597. The number of benzene rings is 1. The lowest BCUT2D eigenvalue weighted by atomic mass is 9.93. The number of methoxy groups -OCH3 is 1. The monoisotopic (exact) mass is 450 g/mol. The quantitative estimate of drug-likeness (QED) is 0.503. The van der Waals surface area contributed by atoms with Crippen LogP contribution in [0.15, 0.2) is 51.6 Å². The summed E-state index contributed by atoms with van der Waals surface area (Å²) in [5.41, 5.74) is 1.53. The molecule has 0 saturated carbocycles. The van der Waals surface area contributed by atoms with Crippen molar-refractivity contribution in [3.05, 3.63) is 52.2 Å². The lowest BCUT2D eigenvalue weighted by Gasteiger charge is -2.33. The van der Waals surface area contributed by atoms with Crippen molar-refractivity contribution in [2.75, 3.05) is 13.7 Å². The highest BCUT2D eigenvalue weighted by Gasteiger charge is 2.47. The summed E-state index contributed by atoms with van der Waals surface area (Å²) in [7, 11) is 1.56. The summed E-state index contributed by atoms with van der Waals surface area (Å²) in [6.45, 7) is 7.23. The first-order chi connectivity index (χ1) is 12.9. The van der Waals surface area contributed by atoms with Crippen molar-refractivity contribution in [1.29, 1.82) is 0 Å². The number of allylic oxidation sites excluding steroid dienone is 1. The lowest BCUT2D eigenvalue weighted by Crippen LogP contribution is -2.40. The van der Waals surface area contributed by atoms with Gasteiger partial charge < -0.3 is 9.47 Å². The molecule has 27 heavy (non-hydrogen) atoms. The summed E-state index contributed by atoms with van der Waals surface area (Å²) >= 11 is 4.85. The van der Waals surface area contributed by atoms with Crippen LogP contribution in [-0.4, -0.2) is 40.9 Å². The minimum absolute atomic E-state index is 0.0770. The second-order valence-corrected chi connectivity index (χ2v) is 8.26. The van der Waals surface area contributed by atoms with E-state index in [9.17, 15) is 9.59 Å². The number of fused-ring (bicyclic) bond motifs is 1. The highest BCUT2D eigenvalue weighted by Crippen LogP contribution is 2.46. The van der Waals surface area contributed by atoms with Crippen LogP contribution in [0.2, 0.25) is 0 Å². The number of ether oxygens (including phenoxy) is 2. The Morgan fingerprint density at radius 2 is 2.22 bits per heavy atom. The van der Waals surface area contributed by atoms with E-state index in [1.54, 1.807) is 25.0 Å². The zero-order valence-corrected chi connectivity index (χ0v) is 17.6. The molecule has 0 radical (unpaired) electrons. The van der Waals surface area contributed by atoms with Crippen LogP contribution < -0.4 is 4.74 Å². The average molecular weight is 451 g/mol. The molecular weight excluding hydrogens is 432 g/mol. The van der Waals surface area contributed by atoms with Crippen molar-refractivity contribution in [1.82, 2.24) is 4.90 Å². The maximum Gasteiger partial charge on any atom is 0.338 e. The second kappa shape index (κ2) is 7.90. The number of rotatable bonds is 5. The van der Waals surface area contributed by atoms with E-state index in [1.165, 1.54) is 17.8 Å². The molecule has 1 fully saturated rings. The molecule has 0 aromatic heterocycles. The van der Waals surface area contributed by atoms with Crippen molar-refractivity contribution >= 4 is 44.7 Å². The summed E-state index contributed by atoms with van der Waals surface area (Å²) in [5, 5.41) is 0.304. The lowest BCUT2D eigenvalue weighted by molar-refractivity contribution is -0.139. The number of hydrogen-bond donors (Lipinski definition) is 0. The maximum atomic E-state index is 12.9. The molecule has 6 nitrogen and oxygen atoms in total. The zero-order valence-electron chi connectivity index (χ0n) is 15.2. The van der Waals surface area contributed by atoms with Crippen molar-refractivity contribution in [2.45, 2.75) is 25.1 Å². The number of halogens is 1. The SMILES string of the molecule is C=CCOC(=O)C1=C(C)N=C2SC(C)C(=O)N2C1c1cc(Br)ccc1OC. The molecule has 0 aliphatic carbocycles. The molecule has 2 heterocycles. The molecule has 8 heteroatoms. The Morgan fingerprint density at radius 3 is 2.89 bits per heavy atom. The average Bonchev–Trinajstić information content (AvgIpc) is 2.92. The van der Waals surface area contributed by atoms with Gasteiger partial charge in [-0.25, -0.2) is 9.79 Å². The molecular formula is C19H19BrN2O4S. The standard InChI is InChI=1S/C19H19BrN2O4S/c1-5-8-26-18(24)15-10(2)21-19-22(17(23)11(3)27-19)16(15)13-9-12(20)6-7-14(13)25-4/h5-7,9,11,16H,1,8H2,2-4H3. The van der Waals surface area contributed by atoms with Gasteiger partial charge in [-0.2, -0.15) is 0 Å². The molecule has 1 aromatic rings. The normalized spacial score (nSPS) is 21.7. The second-order valence-electron chi connectivity index (χ2n) is 6.04. The molecule has 1 aromatic carbocycles. The first kappa shape index (κ1) is 19.7. The molecule has 1 saturated heterocycles. The number of thioether (sulfide) groups is 1. The largest absolute Gasteiger partial charge is 0.496 e. The highest BCUT2D eigenvalue weighted by atomic mass is 79.9. The molecule has 0 N–H and O–H groups in total. The molecule has 2 aliphatic heterocycles. The fourth-order valence-electron chi connectivity index (χ4n) is 3.09. The zero-order chi connectivity index (χ0) is 19.7. The Morgan fingerprint density at radius 1 is 1.48 bits per heavy atom. The van der Waals surface area contributed by atoms with Gasteiger partial charge in [0.2, 0.25) is 5.91 Å². The van der Waals surface area contributed by atoms with E-state index in [0.29, 0.717) is 27.8 Å². The van der Waals surface area contributed by atoms with Gasteiger partial charge in [0.25, 0.3) is 0 Å². The van der Waals surface area contributed by atoms with Crippen LogP contribution in [0.1, 0.15) is 25.5 Å². The van der Waals surface area contributed by atoms with E-state index >= 15 is 0 Å². The number of nitrogens with zero attached hydrogens (tertiary/aromatic N) is 2. The van der Waals surface area contributed by atoms with Crippen LogP contribution in [0.3, 0.4) is 0 Å². The predicted octanol–water partition coefficient (Wildman–Crippen LogP) is 3.84. The Kier molecular flexibility index (Phi) is 5.76. The van der Waals surface area contributed by atoms with E-state index in [1.807, 2.05) is 19.1 Å². The molecule has 3 rings (SSSR count). The van der Waals surface area contributed by atoms with Gasteiger partial charge in [0.15, 0.2) is 5.17 Å². The Labute approximate surface area is 170 Å². The van der Waals surface area contributed by atoms with Gasteiger partial charge >= 0.3 is 5.97 Å². The van der Waals surface area contributed by atoms with Gasteiger partial charge in [-0.3, -0.25) is 9.69 Å². The Balaban J connectivity index is 2.20. The first-order valence-corrected chi connectivity index (χ1v) is 9.97. The van der Waals surface area contributed by atoms with Gasteiger partial charge in [0, 0.05) is 10.0 Å². The molecule has 0 bridgehead atoms. The summed E-state index contributed by atoms with van der Waals surface area (Å²) in [4.78, 5) is 31.8. The van der Waals surface area contributed by atoms with Crippen molar-refractivity contribution < 1.29 is 19.1 Å². The number of amidine groups is 1. The summed E-state index contributed by atoms with van der Waals surface area (Å²) in [6, 6.07) is 4.81. The van der Waals surface area contributed by atoms with E-state index in [-0.39, 0.29) is 17.8 Å². The predicted molar refractivity (Wildman–Crippen MR) is 109 cm³/mol. The van der Waals surface area contributed by atoms with E-state index in [2.05, 4.69) is 27.5 Å². The third-order valence-corrected chi connectivity index (χ3v) is 5.84. The smallest absolute Gasteiger partial charge is 0.338 e. The fraction of sp³-hybridized carbons (Fsp3) is 0.316. The number of amides is 1. The van der Waals surface area contributed by atoms with Crippen LogP contribution in [0.4, 0.5) is 0 Å². The van der Waals surface area contributed by atoms with Gasteiger partial charge in [-0.05, 0) is 32.0 Å². The van der Waals surface area contributed by atoms with Crippen molar-refractivity contribution in [3.63, 3.8) is 0 Å². The first-order valence-electron chi connectivity index (χ1n) is 8.29. The van der Waals surface area contributed by atoms with Gasteiger partial charge in [-0.1, -0.05) is 40.3 Å². The number of carbonyl (C=O) groups excluding carboxylic acids is 2. The highest BCUT2D eigenvalue weighted by molar-refractivity contribution is 9.10. The molecule has 0 spiro atoms.